The van der Waals surface area contributed by atoms with Gasteiger partial charge in [-0.05, 0) is 24.1 Å². The molecule has 1 rings (SSSR count). The molecule has 0 spiro atoms. The summed E-state index contributed by atoms with van der Waals surface area (Å²) in [6.45, 7) is 4.03. The third-order valence-corrected chi connectivity index (χ3v) is 2.98. The lowest BCUT2D eigenvalue weighted by Gasteiger charge is -2.20. The summed E-state index contributed by atoms with van der Waals surface area (Å²) in [5, 5.41) is 2.56. The average molecular weight is 275 g/mol. The molecule has 0 saturated heterocycles. The van der Waals surface area contributed by atoms with Gasteiger partial charge in [-0.2, -0.15) is 0 Å². The van der Waals surface area contributed by atoms with E-state index >= 15 is 0 Å². The van der Waals surface area contributed by atoms with Crippen LogP contribution in [-0.2, 0) is 11.3 Å². The van der Waals surface area contributed by atoms with Gasteiger partial charge in [0.2, 0.25) is 5.91 Å². The van der Waals surface area contributed by atoms with E-state index < -0.39 is 6.04 Å². The molecule has 0 heterocycles. The Hall–Kier alpha value is -2.14. The first kappa shape index (κ1) is 15.9. The van der Waals surface area contributed by atoms with Crippen LogP contribution in [0.3, 0.4) is 0 Å². The van der Waals surface area contributed by atoms with Gasteiger partial charge in [0.25, 0.3) is 5.91 Å². The first-order chi connectivity index (χ1) is 9.49. The van der Waals surface area contributed by atoms with Gasteiger partial charge in [-0.3, -0.25) is 9.59 Å². The van der Waals surface area contributed by atoms with Gasteiger partial charge in [0.1, 0.15) is 0 Å². The van der Waals surface area contributed by atoms with Gasteiger partial charge in [-0.15, -0.1) is 6.58 Å². The lowest BCUT2D eigenvalue weighted by molar-refractivity contribution is -0.131. The molecule has 0 saturated carbocycles. The number of hydrogen-bond acceptors (Lipinski definition) is 3. The van der Waals surface area contributed by atoms with E-state index in [4.69, 9.17) is 5.73 Å². The van der Waals surface area contributed by atoms with Crippen LogP contribution in [-0.4, -0.2) is 36.9 Å². The van der Waals surface area contributed by atoms with Crippen molar-refractivity contribution < 1.29 is 9.59 Å². The summed E-state index contributed by atoms with van der Waals surface area (Å²) < 4.78 is 0. The van der Waals surface area contributed by atoms with E-state index in [0.717, 1.165) is 5.56 Å². The minimum absolute atomic E-state index is 0.125. The van der Waals surface area contributed by atoms with Gasteiger partial charge in [-0.25, -0.2) is 0 Å². The third kappa shape index (κ3) is 4.20. The highest BCUT2D eigenvalue weighted by molar-refractivity contribution is 5.93. The average Bonchev–Trinajstić information content (AvgIpc) is 2.46. The van der Waals surface area contributed by atoms with Crippen LogP contribution in [0.2, 0.25) is 0 Å². The molecule has 1 unspecified atom stereocenters. The molecule has 0 aliphatic rings. The zero-order valence-electron chi connectivity index (χ0n) is 11.9. The van der Waals surface area contributed by atoms with E-state index in [1.807, 2.05) is 12.1 Å². The Balaban J connectivity index is 2.66. The Morgan fingerprint density at radius 3 is 2.50 bits per heavy atom. The fraction of sp³-hybridized carbons (Fsp3) is 0.333. The topological polar surface area (TPSA) is 75.4 Å². The molecule has 0 bridgehead atoms. The number of carbonyl (C=O) groups is 2. The van der Waals surface area contributed by atoms with Crippen molar-refractivity contribution in [3.8, 4) is 0 Å². The van der Waals surface area contributed by atoms with Gasteiger partial charge in [-0.1, -0.05) is 18.2 Å². The van der Waals surface area contributed by atoms with E-state index in [-0.39, 0.29) is 11.8 Å². The van der Waals surface area contributed by atoms with Crippen LogP contribution in [0, 0.1) is 0 Å². The van der Waals surface area contributed by atoms with Crippen LogP contribution in [0.5, 0.6) is 0 Å². The number of likely N-dealkylation sites (N-methyl/N-ethyl adjacent to an activating group) is 1. The van der Waals surface area contributed by atoms with Crippen molar-refractivity contribution in [2.24, 2.45) is 5.73 Å². The Bertz CT molecular complexity index is 482. The van der Waals surface area contributed by atoms with Crippen molar-refractivity contribution in [3.05, 3.63) is 48.0 Å². The zero-order valence-corrected chi connectivity index (χ0v) is 11.9. The largest absolute Gasteiger partial charge is 0.355 e. The summed E-state index contributed by atoms with van der Waals surface area (Å²) in [5.74, 6) is -0.255. The molecule has 108 valence electrons. The lowest BCUT2D eigenvalue weighted by Crippen LogP contribution is -2.41. The molecule has 2 amide bonds. The van der Waals surface area contributed by atoms with Crippen molar-refractivity contribution in [1.82, 2.24) is 10.2 Å². The molecule has 5 nitrogen and oxygen atoms in total. The smallest absolute Gasteiger partial charge is 0.251 e. The quantitative estimate of drug-likeness (QED) is 0.758. The van der Waals surface area contributed by atoms with Crippen LogP contribution in [0.1, 0.15) is 22.3 Å². The van der Waals surface area contributed by atoms with E-state index in [0.29, 0.717) is 18.5 Å². The molecule has 0 aromatic heterocycles. The maximum absolute atomic E-state index is 11.9. The van der Waals surface area contributed by atoms with Crippen LogP contribution in [0.25, 0.3) is 0 Å². The van der Waals surface area contributed by atoms with Gasteiger partial charge in [0, 0.05) is 26.2 Å². The SMILES string of the molecule is C=CCC(N)C(=O)N(C)Cc1ccc(C(=O)NC)cc1. The van der Waals surface area contributed by atoms with Crippen molar-refractivity contribution in [1.29, 1.82) is 0 Å². The number of carbonyl (C=O) groups excluding carboxylic acids is 2. The van der Waals surface area contributed by atoms with Crippen molar-refractivity contribution in [2.45, 2.75) is 19.0 Å². The lowest BCUT2D eigenvalue weighted by atomic mass is 10.1. The molecule has 3 N–H and O–H groups in total. The second-order valence-electron chi connectivity index (χ2n) is 4.60. The number of benzene rings is 1. The van der Waals surface area contributed by atoms with E-state index in [9.17, 15) is 9.59 Å². The van der Waals surface area contributed by atoms with Gasteiger partial charge >= 0.3 is 0 Å². The molecule has 0 aliphatic carbocycles. The number of nitrogens with zero attached hydrogens (tertiary/aromatic N) is 1. The van der Waals surface area contributed by atoms with E-state index in [2.05, 4.69) is 11.9 Å². The molecule has 0 fully saturated rings. The van der Waals surface area contributed by atoms with Crippen molar-refractivity contribution >= 4 is 11.8 Å². The second kappa shape index (κ2) is 7.45. The summed E-state index contributed by atoms with van der Waals surface area (Å²) in [7, 11) is 3.29. The van der Waals surface area contributed by atoms with Gasteiger partial charge < -0.3 is 16.0 Å². The van der Waals surface area contributed by atoms with Gasteiger partial charge in [0.15, 0.2) is 0 Å². The molecule has 0 aliphatic heterocycles. The number of amides is 2. The highest BCUT2D eigenvalue weighted by Gasteiger charge is 2.16. The fourth-order valence-electron chi connectivity index (χ4n) is 1.82. The molecule has 5 heteroatoms. The second-order valence-corrected chi connectivity index (χ2v) is 4.60. The van der Waals surface area contributed by atoms with Crippen molar-refractivity contribution in [3.63, 3.8) is 0 Å². The van der Waals surface area contributed by atoms with Crippen LogP contribution in [0.15, 0.2) is 36.9 Å². The minimum Gasteiger partial charge on any atom is -0.355 e. The minimum atomic E-state index is -0.553. The predicted molar refractivity (Wildman–Crippen MR) is 79.1 cm³/mol. The first-order valence-electron chi connectivity index (χ1n) is 6.42. The summed E-state index contributed by atoms with van der Waals surface area (Å²) in [6.07, 6.45) is 2.09. The maximum Gasteiger partial charge on any atom is 0.251 e. The number of rotatable bonds is 6. The summed E-state index contributed by atoms with van der Waals surface area (Å²) in [6, 6.07) is 6.57. The van der Waals surface area contributed by atoms with Crippen LogP contribution in [0.4, 0.5) is 0 Å². The van der Waals surface area contributed by atoms with E-state index in [1.54, 1.807) is 37.2 Å². The Labute approximate surface area is 119 Å². The maximum atomic E-state index is 11.9. The molecule has 1 aromatic carbocycles. The molecule has 20 heavy (non-hydrogen) atoms. The Morgan fingerprint density at radius 1 is 1.40 bits per heavy atom. The normalized spacial score (nSPS) is 11.6. The summed E-state index contributed by atoms with van der Waals surface area (Å²) in [5.41, 5.74) is 7.28. The number of hydrogen-bond donors (Lipinski definition) is 2. The molecular formula is C15H21N3O2. The monoisotopic (exact) mass is 275 g/mol. The van der Waals surface area contributed by atoms with Crippen LogP contribution >= 0.6 is 0 Å². The number of nitrogens with one attached hydrogen (secondary N) is 1. The van der Waals surface area contributed by atoms with E-state index in [1.165, 1.54) is 0 Å². The fourth-order valence-corrected chi connectivity index (χ4v) is 1.82. The molecule has 0 radical (unpaired) electrons. The summed E-state index contributed by atoms with van der Waals surface area (Å²) in [4.78, 5) is 24.9. The molecular weight excluding hydrogens is 254 g/mol. The summed E-state index contributed by atoms with van der Waals surface area (Å²) >= 11 is 0. The van der Waals surface area contributed by atoms with Crippen LogP contribution < -0.4 is 11.1 Å². The molecule has 1 aromatic rings. The third-order valence-electron chi connectivity index (χ3n) is 2.98. The molecule has 1 atom stereocenters. The zero-order chi connectivity index (χ0) is 15.1. The first-order valence-corrected chi connectivity index (χ1v) is 6.42. The highest BCUT2D eigenvalue weighted by atomic mass is 16.2. The van der Waals surface area contributed by atoms with Gasteiger partial charge in [0.05, 0.1) is 6.04 Å². The number of nitrogens with two attached hydrogens (primary N) is 1. The van der Waals surface area contributed by atoms with Crippen molar-refractivity contribution in [2.75, 3.05) is 14.1 Å². The predicted octanol–water partition coefficient (Wildman–Crippen LogP) is 0.908. The standard InChI is InChI=1S/C15H21N3O2/c1-4-5-13(16)15(20)18(3)10-11-6-8-12(9-7-11)14(19)17-2/h4,6-9,13H,1,5,10,16H2,2-3H3,(H,17,19). The Kier molecular flexibility index (Phi) is 5.93. The highest BCUT2D eigenvalue weighted by Crippen LogP contribution is 2.08. The Morgan fingerprint density at radius 2 is 2.00 bits per heavy atom.